The molecule has 0 aliphatic heterocycles. The van der Waals surface area contributed by atoms with Crippen molar-refractivity contribution in [3.63, 3.8) is 0 Å². The van der Waals surface area contributed by atoms with E-state index < -0.39 is 5.54 Å². The van der Waals surface area contributed by atoms with E-state index in [9.17, 15) is 9.59 Å². The fourth-order valence-corrected chi connectivity index (χ4v) is 2.16. The first kappa shape index (κ1) is 10.2. The first-order chi connectivity index (χ1) is 6.20. The van der Waals surface area contributed by atoms with E-state index in [1.54, 1.807) is 0 Å². The molecule has 0 aromatic heterocycles. The van der Waals surface area contributed by atoms with Crippen molar-refractivity contribution in [2.24, 2.45) is 5.92 Å². The third kappa shape index (κ3) is 1.60. The molecule has 13 heavy (non-hydrogen) atoms. The summed E-state index contributed by atoms with van der Waals surface area (Å²) < 4.78 is 0. The number of nitrogens with one attached hydrogen (secondary N) is 1. The molecule has 0 radical (unpaired) electrons. The molecular weight excluding hydrogens is 166 g/mol. The van der Waals surface area contributed by atoms with Crippen LogP contribution >= 0.6 is 0 Å². The number of hydrogen-bond acceptors (Lipinski definition) is 2. The second kappa shape index (κ2) is 3.90. The lowest BCUT2D eigenvalue weighted by Crippen LogP contribution is -2.48. The van der Waals surface area contributed by atoms with Crippen LogP contribution in [-0.2, 0) is 9.59 Å². The second-order valence-electron chi connectivity index (χ2n) is 3.71. The molecule has 1 rings (SSSR count). The van der Waals surface area contributed by atoms with E-state index in [1.807, 2.05) is 13.8 Å². The van der Waals surface area contributed by atoms with Gasteiger partial charge >= 0.3 is 0 Å². The molecule has 0 bridgehead atoms. The topological polar surface area (TPSA) is 46.2 Å². The van der Waals surface area contributed by atoms with Crippen molar-refractivity contribution in [2.75, 3.05) is 0 Å². The van der Waals surface area contributed by atoms with Crippen LogP contribution in [0.15, 0.2) is 0 Å². The summed E-state index contributed by atoms with van der Waals surface area (Å²) in [6.45, 7) is 3.97. The van der Waals surface area contributed by atoms with Gasteiger partial charge in [-0.05, 0) is 25.7 Å². The van der Waals surface area contributed by atoms with Crippen molar-refractivity contribution >= 4 is 12.2 Å². The van der Waals surface area contributed by atoms with E-state index in [-0.39, 0.29) is 11.7 Å². The molecule has 1 aliphatic carbocycles. The smallest absolute Gasteiger partial charge is 0.207 e. The number of amides is 1. The van der Waals surface area contributed by atoms with E-state index in [2.05, 4.69) is 5.32 Å². The molecule has 0 aromatic carbocycles. The Labute approximate surface area is 78.9 Å². The normalized spacial score (nSPS) is 33.4. The highest BCUT2D eigenvalue weighted by molar-refractivity contribution is 5.94. The van der Waals surface area contributed by atoms with Crippen LogP contribution in [0.25, 0.3) is 0 Å². The monoisotopic (exact) mass is 183 g/mol. The molecular formula is C10H17NO2. The van der Waals surface area contributed by atoms with Gasteiger partial charge in [-0.3, -0.25) is 9.59 Å². The lowest BCUT2D eigenvalue weighted by Gasteiger charge is -2.25. The maximum absolute atomic E-state index is 11.9. The zero-order valence-corrected chi connectivity index (χ0v) is 8.30. The van der Waals surface area contributed by atoms with Crippen LogP contribution in [0.3, 0.4) is 0 Å². The summed E-state index contributed by atoms with van der Waals surface area (Å²) in [7, 11) is 0. The quantitative estimate of drug-likeness (QED) is 0.667. The Morgan fingerprint density at radius 3 is 2.69 bits per heavy atom. The Morgan fingerprint density at radius 2 is 2.31 bits per heavy atom. The maximum atomic E-state index is 11.9. The molecule has 3 nitrogen and oxygen atoms in total. The van der Waals surface area contributed by atoms with Crippen molar-refractivity contribution in [2.45, 2.75) is 45.1 Å². The summed E-state index contributed by atoms with van der Waals surface area (Å²) in [4.78, 5) is 22.3. The molecule has 2 atom stereocenters. The average Bonchev–Trinajstić information content (AvgIpc) is 2.45. The molecule has 1 amide bonds. The predicted octanol–water partition coefficient (Wildman–Crippen LogP) is 1.27. The van der Waals surface area contributed by atoms with Gasteiger partial charge in [-0.1, -0.05) is 13.8 Å². The van der Waals surface area contributed by atoms with Gasteiger partial charge in [0.25, 0.3) is 0 Å². The Kier molecular flexibility index (Phi) is 3.07. The van der Waals surface area contributed by atoms with E-state index in [4.69, 9.17) is 0 Å². The SMILES string of the molecule is CCC1CCC(CC)(NC=O)C1=O. The number of carbonyl (C=O) groups excluding carboxylic acids is 2. The zero-order chi connectivity index (χ0) is 9.90. The summed E-state index contributed by atoms with van der Waals surface area (Å²) in [5.74, 6) is 0.386. The Hall–Kier alpha value is -0.860. The van der Waals surface area contributed by atoms with E-state index in [1.165, 1.54) is 0 Å². The molecule has 0 spiro atoms. The van der Waals surface area contributed by atoms with E-state index >= 15 is 0 Å². The average molecular weight is 183 g/mol. The van der Waals surface area contributed by atoms with Gasteiger partial charge in [0.05, 0.1) is 5.54 Å². The van der Waals surface area contributed by atoms with Crippen molar-refractivity contribution in [3.8, 4) is 0 Å². The lowest BCUT2D eigenvalue weighted by atomic mass is 9.91. The van der Waals surface area contributed by atoms with Gasteiger partial charge in [0.2, 0.25) is 6.41 Å². The molecule has 3 heteroatoms. The molecule has 1 saturated carbocycles. The fraction of sp³-hybridized carbons (Fsp3) is 0.800. The zero-order valence-electron chi connectivity index (χ0n) is 8.30. The van der Waals surface area contributed by atoms with Crippen molar-refractivity contribution in [1.82, 2.24) is 5.32 Å². The van der Waals surface area contributed by atoms with Crippen molar-refractivity contribution in [3.05, 3.63) is 0 Å². The van der Waals surface area contributed by atoms with Crippen molar-refractivity contribution in [1.29, 1.82) is 0 Å². The van der Waals surface area contributed by atoms with Crippen LogP contribution in [-0.4, -0.2) is 17.7 Å². The molecule has 0 heterocycles. The van der Waals surface area contributed by atoms with Gasteiger partial charge < -0.3 is 5.32 Å². The first-order valence-corrected chi connectivity index (χ1v) is 4.95. The van der Waals surface area contributed by atoms with Gasteiger partial charge in [-0.15, -0.1) is 0 Å². The minimum Gasteiger partial charge on any atom is -0.346 e. The van der Waals surface area contributed by atoms with Gasteiger partial charge in [0.15, 0.2) is 5.78 Å². The highest BCUT2D eigenvalue weighted by atomic mass is 16.1. The molecule has 0 aromatic rings. The summed E-state index contributed by atoms with van der Waals surface area (Å²) in [5.41, 5.74) is -0.539. The molecule has 1 aliphatic rings. The van der Waals surface area contributed by atoms with Crippen LogP contribution in [0.5, 0.6) is 0 Å². The van der Waals surface area contributed by atoms with Crippen LogP contribution in [0.4, 0.5) is 0 Å². The number of carbonyl (C=O) groups is 2. The number of hydrogen-bond donors (Lipinski definition) is 1. The van der Waals surface area contributed by atoms with Crippen LogP contribution in [0.1, 0.15) is 39.5 Å². The Morgan fingerprint density at radius 1 is 1.62 bits per heavy atom. The number of Topliss-reactive ketones (excluding diaryl/α,β-unsaturated/α-hetero) is 1. The van der Waals surface area contributed by atoms with Crippen molar-refractivity contribution < 1.29 is 9.59 Å². The Balaban J connectivity index is 2.78. The largest absolute Gasteiger partial charge is 0.346 e. The Bertz CT molecular complexity index is 215. The highest BCUT2D eigenvalue weighted by Crippen LogP contribution is 2.34. The van der Waals surface area contributed by atoms with Gasteiger partial charge in [0.1, 0.15) is 0 Å². The van der Waals surface area contributed by atoms with Crippen LogP contribution in [0.2, 0.25) is 0 Å². The number of ketones is 1. The minimum absolute atomic E-state index is 0.160. The summed E-state index contributed by atoms with van der Waals surface area (Å²) >= 11 is 0. The lowest BCUT2D eigenvalue weighted by molar-refractivity contribution is -0.128. The molecule has 1 N–H and O–H groups in total. The summed E-state index contributed by atoms with van der Waals surface area (Å²) in [5, 5.41) is 2.69. The third-order valence-electron chi connectivity index (χ3n) is 3.19. The highest BCUT2D eigenvalue weighted by Gasteiger charge is 2.45. The molecule has 74 valence electrons. The van der Waals surface area contributed by atoms with E-state index in [0.29, 0.717) is 12.8 Å². The van der Waals surface area contributed by atoms with Gasteiger partial charge in [-0.2, -0.15) is 0 Å². The first-order valence-electron chi connectivity index (χ1n) is 4.95. The minimum atomic E-state index is -0.539. The van der Waals surface area contributed by atoms with Crippen LogP contribution < -0.4 is 5.32 Å². The fourth-order valence-electron chi connectivity index (χ4n) is 2.16. The molecule has 2 unspecified atom stereocenters. The van der Waals surface area contributed by atoms with Gasteiger partial charge in [-0.25, -0.2) is 0 Å². The molecule has 1 fully saturated rings. The maximum Gasteiger partial charge on any atom is 0.207 e. The van der Waals surface area contributed by atoms with Gasteiger partial charge in [0, 0.05) is 5.92 Å². The predicted molar refractivity (Wildman–Crippen MR) is 50.2 cm³/mol. The summed E-state index contributed by atoms with van der Waals surface area (Å²) in [6.07, 6.45) is 3.98. The van der Waals surface area contributed by atoms with Crippen LogP contribution in [0, 0.1) is 5.92 Å². The second-order valence-corrected chi connectivity index (χ2v) is 3.71. The number of rotatable bonds is 4. The summed E-state index contributed by atoms with van der Waals surface area (Å²) in [6, 6.07) is 0. The van der Waals surface area contributed by atoms with E-state index in [0.717, 1.165) is 19.3 Å². The third-order valence-corrected chi connectivity index (χ3v) is 3.19. The molecule has 0 saturated heterocycles. The standard InChI is InChI=1S/C10H17NO2/c1-3-8-5-6-10(4-2,9(8)13)11-7-12/h7-8H,3-6H2,1-2H3,(H,11,12).